The minimum Gasteiger partial charge on any atom is -0.478 e. The Morgan fingerprint density at radius 1 is 1.43 bits per heavy atom. The number of hydrogen-bond acceptors (Lipinski definition) is 5. The summed E-state index contributed by atoms with van der Waals surface area (Å²) in [5.41, 5.74) is 0.242. The number of ether oxygens (including phenoxy) is 3. The lowest BCUT2D eigenvalue weighted by atomic mass is 9.97. The normalized spacial score (nSPS) is 22.3. The third-order valence-electron chi connectivity index (χ3n) is 4.09. The molecule has 1 amide bonds. The standard InChI is InChI=1S/C16H21ClN2O4/c1-2-21-13-6-5-12(17)14(18-13)15(20)19-7-3-4-11(10-19)16-22-8-9-23-16/h5-6,11,16H,2-4,7-10H2,1H3. The Hall–Kier alpha value is -1.37. The summed E-state index contributed by atoms with van der Waals surface area (Å²) in [6, 6.07) is 3.32. The summed E-state index contributed by atoms with van der Waals surface area (Å²) in [6.07, 6.45) is 1.71. The minimum atomic E-state index is -0.205. The van der Waals surface area contributed by atoms with Crippen LogP contribution in [0.25, 0.3) is 0 Å². The predicted octanol–water partition coefficient (Wildman–Crippen LogP) is 2.36. The van der Waals surface area contributed by atoms with E-state index in [1.165, 1.54) is 0 Å². The number of aromatic nitrogens is 1. The lowest BCUT2D eigenvalue weighted by molar-refractivity contribution is -0.0969. The number of rotatable bonds is 4. The summed E-state index contributed by atoms with van der Waals surface area (Å²) >= 11 is 6.16. The molecular formula is C16H21ClN2O4. The van der Waals surface area contributed by atoms with Crippen LogP contribution in [0.4, 0.5) is 0 Å². The van der Waals surface area contributed by atoms with E-state index < -0.39 is 0 Å². The number of carbonyl (C=O) groups excluding carboxylic acids is 1. The summed E-state index contributed by atoms with van der Waals surface area (Å²) in [4.78, 5) is 18.8. The first-order chi connectivity index (χ1) is 11.2. The van der Waals surface area contributed by atoms with Gasteiger partial charge in [-0.15, -0.1) is 0 Å². The molecule has 1 atom stereocenters. The van der Waals surface area contributed by atoms with Crippen molar-refractivity contribution < 1.29 is 19.0 Å². The van der Waals surface area contributed by atoms with E-state index in [0.717, 1.165) is 12.8 Å². The van der Waals surface area contributed by atoms with E-state index >= 15 is 0 Å². The number of nitrogens with zero attached hydrogens (tertiary/aromatic N) is 2. The summed E-state index contributed by atoms with van der Waals surface area (Å²) in [6.45, 7) is 4.90. The number of carbonyl (C=O) groups is 1. The first-order valence-corrected chi connectivity index (χ1v) is 8.38. The molecule has 0 N–H and O–H groups in total. The summed E-state index contributed by atoms with van der Waals surface area (Å²) in [7, 11) is 0. The first kappa shape index (κ1) is 16.5. The molecule has 7 heteroatoms. The third-order valence-corrected chi connectivity index (χ3v) is 4.40. The van der Waals surface area contributed by atoms with Crippen molar-refractivity contribution in [2.75, 3.05) is 32.9 Å². The zero-order valence-corrected chi connectivity index (χ0v) is 13.9. The molecule has 2 aliphatic heterocycles. The van der Waals surface area contributed by atoms with E-state index in [9.17, 15) is 4.79 Å². The molecule has 23 heavy (non-hydrogen) atoms. The van der Waals surface area contributed by atoms with E-state index in [2.05, 4.69) is 4.98 Å². The molecule has 2 fully saturated rings. The van der Waals surface area contributed by atoms with Crippen molar-refractivity contribution >= 4 is 17.5 Å². The van der Waals surface area contributed by atoms with Gasteiger partial charge in [0.2, 0.25) is 5.88 Å². The van der Waals surface area contributed by atoms with Gasteiger partial charge >= 0.3 is 0 Å². The van der Waals surface area contributed by atoms with E-state index in [1.54, 1.807) is 17.0 Å². The number of pyridine rings is 1. The fraction of sp³-hybridized carbons (Fsp3) is 0.625. The molecule has 3 heterocycles. The van der Waals surface area contributed by atoms with Gasteiger partial charge in [0.1, 0.15) is 0 Å². The molecule has 1 unspecified atom stereocenters. The molecule has 0 aliphatic carbocycles. The molecule has 1 aromatic rings. The molecule has 6 nitrogen and oxygen atoms in total. The van der Waals surface area contributed by atoms with Crippen LogP contribution in [0, 0.1) is 5.92 Å². The molecule has 0 aromatic carbocycles. The average molecular weight is 341 g/mol. The Bertz CT molecular complexity index is 563. The maximum atomic E-state index is 12.8. The maximum Gasteiger partial charge on any atom is 0.274 e. The molecule has 0 bridgehead atoms. The van der Waals surface area contributed by atoms with Crippen molar-refractivity contribution in [1.29, 1.82) is 0 Å². The van der Waals surface area contributed by atoms with Crippen LogP contribution in [0.2, 0.25) is 5.02 Å². The van der Waals surface area contributed by atoms with Gasteiger partial charge in [0.05, 0.1) is 24.8 Å². The summed E-state index contributed by atoms with van der Waals surface area (Å²) in [5, 5.41) is 0.342. The second-order valence-corrected chi connectivity index (χ2v) is 6.08. The topological polar surface area (TPSA) is 60.9 Å². The van der Waals surface area contributed by atoms with Crippen LogP contribution in [0.3, 0.4) is 0 Å². The number of piperidine rings is 1. The van der Waals surface area contributed by atoms with Crippen LogP contribution in [-0.4, -0.2) is 55.0 Å². The van der Waals surface area contributed by atoms with Crippen molar-refractivity contribution in [3.8, 4) is 5.88 Å². The average Bonchev–Trinajstić information content (AvgIpc) is 3.11. The molecule has 1 aromatic heterocycles. The lowest BCUT2D eigenvalue weighted by Gasteiger charge is -2.34. The number of hydrogen-bond donors (Lipinski definition) is 0. The van der Waals surface area contributed by atoms with Crippen LogP contribution in [0.15, 0.2) is 12.1 Å². The molecule has 126 valence electrons. The van der Waals surface area contributed by atoms with E-state index in [-0.39, 0.29) is 23.8 Å². The maximum absolute atomic E-state index is 12.8. The van der Waals surface area contributed by atoms with Gasteiger partial charge in [-0.05, 0) is 25.8 Å². The van der Waals surface area contributed by atoms with Gasteiger partial charge in [0, 0.05) is 25.1 Å². The number of halogens is 1. The summed E-state index contributed by atoms with van der Waals surface area (Å²) in [5.74, 6) is 0.444. The quantitative estimate of drug-likeness (QED) is 0.842. The SMILES string of the molecule is CCOc1ccc(Cl)c(C(=O)N2CCCC(C3OCCO3)C2)n1. The highest BCUT2D eigenvalue weighted by Crippen LogP contribution is 2.27. The molecule has 3 rings (SSSR count). The summed E-state index contributed by atoms with van der Waals surface area (Å²) < 4.78 is 16.5. The van der Waals surface area contributed by atoms with E-state index in [1.807, 2.05) is 6.92 Å². The van der Waals surface area contributed by atoms with Gasteiger partial charge < -0.3 is 19.1 Å². The minimum absolute atomic E-state index is 0.167. The van der Waals surface area contributed by atoms with Gasteiger partial charge in [-0.25, -0.2) is 4.98 Å². The van der Waals surface area contributed by atoms with Crippen LogP contribution < -0.4 is 4.74 Å². The van der Waals surface area contributed by atoms with Crippen LogP contribution >= 0.6 is 11.6 Å². The van der Waals surface area contributed by atoms with Gasteiger partial charge in [0.15, 0.2) is 12.0 Å². The van der Waals surface area contributed by atoms with Crippen molar-refractivity contribution in [2.24, 2.45) is 5.92 Å². The number of amides is 1. The molecule has 0 radical (unpaired) electrons. The second kappa shape index (κ2) is 7.47. The van der Waals surface area contributed by atoms with E-state index in [0.29, 0.717) is 43.8 Å². The van der Waals surface area contributed by atoms with Crippen LogP contribution in [0.5, 0.6) is 5.88 Å². The van der Waals surface area contributed by atoms with Crippen LogP contribution in [0.1, 0.15) is 30.3 Å². The van der Waals surface area contributed by atoms with Gasteiger partial charge in [-0.1, -0.05) is 11.6 Å². The Balaban J connectivity index is 1.72. The van der Waals surface area contributed by atoms with Gasteiger partial charge in [0.25, 0.3) is 5.91 Å². The number of likely N-dealkylation sites (tertiary alicyclic amines) is 1. The lowest BCUT2D eigenvalue weighted by Crippen LogP contribution is -2.44. The highest BCUT2D eigenvalue weighted by Gasteiger charge is 2.33. The third kappa shape index (κ3) is 3.76. The Labute approximate surface area is 140 Å². The highest BCUT2D eigenvalue weighted by molar-refractivity contribution is 6.33. The highest BCUT2D eigenvalue weighted by atomic mass is 35.5. The van der Waals surface area contributed by atoms with Crippen LogP contribution in [-0.2, 0) is 9.47 Å². The first-order valence-electron chi connectivity index (χ1n) is 8.01. The zero-order chi connectivity index (χ0) is 16.2. The molecule has 0 saturated carbocycles. The van der Waals surface area contributed by atoms with Crippen molar-refractivity contribution in [2.45, 2.75) is 26.1 Å². The van der Waals surface area contributed by atoms with Crippen molar-refractivity contribution in [1.82, 2.24) is 9.88 Å². The van der Waals surface area contributed by atoms with Gasteiger partial charge in [-0.2, -0.15) is 0 Å². The molecular weight excluding hydrogens is 320 g/mol. The second-order valence-electron chi connectivity index (χ2n) is 5.68. The monoisotopic (exact) mass is 340 g/mol. The molecule has 2 aliphatic rings. The van der Waals surface area contributed by atoms with Crippen molar-refractivity contribution in [3.63, 3.8) is 0 Å². The molecule has 2 saturated heterocycles. The smallest absolute Gasteiger partial charge is 0.274 e. The van der Waals surface area contributed by atoms with E-state index in [4.69, 9.17) is 25.8 Å². The fourth-order valence-corrected chi connectivity index (χ4v) is 3.20. The Morgan fingerprint density at radius 3 is 2.96 bits per heavy atom. The largest absolute Gasteiger partial charge is 0.478 e. The Morgan fingerprint density at radius 2 is 2.22 bits per heavy atom. The fourth-order valence-electron chi connectivity index (χ4n) is 3.02. The predicted molar refractivity (Wildman–Crippen MR) is 84.7 cm³/mol. The molecule has 0 spiro atoms. The Kier molecular flexibility index (Phi) is 5.35. The van der Waals surface area contributed by atoms with Gasteiger partial charge in [-0.3, -0.25) is 4.79 Å². The van der Waals surface area contributed by atoms with Crippen molar-refractivity contribution in [3.05, 3.63) is 22.8 Å². The zero-order valence-electron chi connectivity index (χ0n) is 13.2.